The largest absolute Gasteiger partial charge is 0.372 e. The SMILES string of the molecule is CNCc1cnn(C)c1C1CCCCO1. The molecule has 4 heteroatoms. The van der Waals surface area contributed by atoms with Crippen LogP contribution in [0.3, 0.4) is 0 Å². The van der Waals surface area contributed by atoms with Gasteiger partial charge in [0.05, 0.1) is 18.0 Å². The van der Waals surface area contributed by atoms with E-state index in [0.717, 1.165) is 19.6 Å². The van der Waals surface area contributed by atoms with Gasteiger partial charge in [-0.05, 0) is 26.3 Å². The second kappa shape index (κ2) is 4.77. The predicted molar refractivity (Wildman–Crippen MR) is 58.5 cm³/mol. The van der Waals surface area contributed by atoms with Gasteiger partial charge in [-0.1, -0.05) is 0 Å². The number of nitrogens with zero attached hydrogens (tertiary/aromatic N) is 2. The summed E-state index contributed by atoms with van der Waals surface area (Å²) in [4.78, 5) is 0. The van der Waals surface area contributed by atoms with Crippen molar-refractivity contribution in [1.82, 2.24) is 15.1 Å². The third-order valence-corrected chi connectivity index (χ3v) is 2.92. The molecule has 0 aliphatic carbocycles. The van der Waals surface area contributed by atoms with Crippen LogP contribution in [0.2, 0.25) is 0 Å². The van der Waals surface area contributed by atoms with Gasteiger partial charge in [0.25, 0.3) is 0 Å². The smallest absolute Gasteiger partial charge is 0.0994 e. The molecule has 2 rings (SSSR count). The fourth-order valence-corrected chi connectivity index (χ4v) is 2.19. The van der Waals surface area contributed by atoms with E-state index in [1.807, 2.05) is 25.0 Å². The molecule has 1 aliphatic heterocycles. The Morgan fingerprint density at radius 2 is 2.47 bits per heavy atom. The molecule has 4 nitrogen and oxygen atoms in total. The van der Waals surface area contributed by atoms with Crippen molar-refractivity contribution in [2.75, 3.05) is 13.7 Å². The van der Waals surface area contributed by atoms with Gasteiger partial charge in [-0.3, -0.25) is 4.68 Å². The summed E-state index contributed by atoms with van der Waals surface area (Å²) in [7, 11) is 3.95. The lowest BCUT2D eigenvalue weighted by Crippen LogP contribution is -2.17. The number of ether oxygens (including phenoxy) is 1. The predicted octanol–water partition coefficient (Wildman–Crippen LogP) is 1.38. The average Bonchev–Trinajstić information content (AvgIpc) is 2.62. The lowest BCUT2D eigenvalue weighted by Gasteiger charge is -2.23. The highest BCUT2D eigenvalue weighted by Crippen LogP contribution is 2.29. The molecule has 0 aromatic carbocycles. The minimum atomic E-state index is 0.245. The molecule has 84 valence electrons. The van der Waals surface area contributed by atoms with E-state index >= 15 is 0 Å². The van der Waals surface area contributed by atoms with Crippen molar-refractivity contribution in [3.05, 3.63) is 17.5 Å². The first-order valence-electron chi connectivity index (χ1n) is 5.60. The average molecular weight is 209 g/mol. The summed E-state index contributed by atoms with van der Waals surface area (Å²) in [6, 6.07) is 0. The van der Waals surface area contributed by atoms with Crippen molar-refractivity contribution >= 4 is 0 Å². The summed E-state index contributed by atoms with van der Waals surface area (Å²) < 4.78 is 7.75. The molecule has 1 aromatic heterocycles. The molecule has 0 spiro atoms. The maximum Gasteiger partial charge on any atom is 0.0994 e. The molecular weight excluding hydrogens is 190 g/mol. The van der Waals surface area contributed by atoms with Crippen molar-refractivity contribution in [2.45, 2.75) is 31.9 Å². The third kappa shape index (κ3) is 2.21. The van der Waals surface area contributed by atoms with Crippen molar-refractivity contribution in [1.29, 1.82) is 0 Å². The number of aryl methyl sites for hydroxylation is 1. The van der Waals surface area contributed by atoms with Gasteiger partial charge in [0.15, 0.2) is 0 Å². The Hall–Kier alpha value is -0.870. The zero-order valence-corrected chi connectivity index (χ0v) is 9.49. The molecule has 1 saturated heterocycles. The van der Waals surface area contributed by atoms with E-state index in [4.69, 9.17) is 4.74 Å². The van der Waals surface area contributed by atoms with Gasteiger partial charge in [-0.15, -0.1) is 0 Å². The fraction of sp³-hybridized carbons (Fsp3) is 0.727. The summed E-state index contributed by atoms with van der Waals surface area (Å²) in [5.74, 6) is 0. The van der Waals surface area contributed by atoms with Crippen LogP contribution in [0.1, 0.15) is 36.6 Å². The lowest BCUT2D eigenvalue weighted by molar-refractivity contribution is 0.00948. The summed E-state index contributed by atoms with van der Waals surface area (Å²) in [6.07, 6.45) is 5.75. The molecule has 15 heavy (non-hydrogen) atoms. The van der Waals surface area contributed by atoms with Crippen LogP contribution in [-0.2, 0) is 18.3 Å². The summed E-state index contributed by atoms with van der Waals surface area (Å²) >= 11 is 0. The van der Waals surface area contributed by atoms with Gasteiger partial charge in [0.1, 0.15) is 0 Å². The van der Waals surface area contributed by atoms with Crippen LogP contribution in [0.4, 0.5) is 0 Å². The van der Waals surface area contributed by atoms with Crippen molar-refractivity contribution in [2.24, 2.45) is 7.05 Å². The highest BCUT2D eigenvalue weighted by atomic mass is 16.5. The van der Waals surface area contributed by atoms with Crippen LogP contribution < -0.4 is 5.32 Å². The molecule has 0 bridgehead atoms. The molecule has 1 aliphatic rings. The van der Waals surface area contributed by atoms with E-state index in [0.29, 0.717) is 0 Å². The Bertz CT molecular complexity index is 316. The van der Waals surface area contributed by atoms with Crippen LogP contribution in [0.5, 0.6) is 0 Å². The third-order valence-electron chi connectivity index (χ3n) is 2.92. The Labute approximate surface area is 90.6 Å². The Kier molecular flexibility index (Phi) is 3.38. The van der Waals surface area contributed by atoms with E-state index in [9.17, 15) is 0 Å². The van der Waals surface area contributed by atoms with E-state index < -0.39 is 0 Å². The van der Waals surface area contributed by atoms with E-state index in [1.165, 1.54) is 24.1 Å². The maximum atomic E-state index is 5.80. The van der Waals surface area contributed by atoms with Gasteiger partial charge in [0, 0.05) is 25.8 Å². The van der Waals surface area contributed by atoms with E-state index in [2.05, 4.69) is 10.4 Å². The standard InChI is InChI=1S/C11H19N3O/c1-12-7-9-8-13-14(2)11(9)10-5-3-4-6-15-10/h8,10,12H,3-7H2,1-2H3. The molecule has 0 radical (unpaired) electrons. The molecule has 1 fully saturated rings. The molecule has 0 saturated carbocycles. The molecule has 1 aromatic rings. The zero-order chi connectivity index (χ0) is 10.7. The molecule has 1 N–H and O–H groups in total. The highest BCUT2D eigenvalue weighted by Gasteiger charge is 2.22. The Balaban J connectivity index is 2.19. The van der Waals surface area contributed by atoms with Gasteiger partial charge in [-0.2, -0.15) is 5.10 Å². The zero-order valence-electron chi connectivity index (χ0n) is 9.49. The minimum Gasteiger partial charge on any atom is -0.372 e. The highest BCUT2D eigenvalue weighted by molar-refractivity contribution is 5.20. The number of rotatable bonds is 3. The van der Waals surface area contributed by atoms with Crippen LogP contribution in [0.25, 0.3) is 0 Å². The first-order chi connectivity index (χ1) is 7.33. The minimum absolute atomic E-state index is 0.245. The number of hydrogen-bond donors (Lipinski definition) is 1. The van der Waals surface area contributed by atoms with Crippen LogP contribution in [0, 0.1) is 0 Å². The molecule has 1 unspecified atom stereocenters. The summed E-state index contributed by atoms with van der Waals surface area (Å²) in [5.41, 5.74) is 2.50. The molecule has 0 amide bonds. The number of nitrogens with one attached hydrogen (secondary N) is 1. The molecular formula is C11H19N3O. The van der Waals surface area contributed by atoms with E-state index in [1.54, 1.807) is 0 Å². The Morgan fingerprint density at radius 3 is 3.13 bits per heavy atom. The van der Waals surface area contributed by atoms with Crippen LogP contribution >= 0.6 is 0 Å². The van der Waals surface area contributed by atoms with Crippen molar-refractivity contribution in [3.8, 4) is 0 Å². The van der Waals surface area contributed by atoms with Gasteiger partial charge in [0.2, 0.25) is 0 Å². The fourth-order valence-electron chi connectivity index (χ4n) is 2.19. The van der Waals surface area contributed by atoms with Crippen molar-refractivity contribution < 1.29 is 4.74 Å². The molecule has 1 atom stereocenters. The summed E-state index contributed by atoms with van der Waals surface area (Å²) in [5, 5.41) is 7.47. The topological polar surface area (TPSA) is 39.1 Å². The van der Waals surface area contributed by atoms with Crippen LogP contribution in [-0.4, -0.2) is 23.4 Å². The Morgan fingerprint density at radius 1 is 1.60 bits per heavy atom. The van der Waals surface area contributed by atoms with Gasteiger partial charge < -0.3 is 10.1 Å². The number of aromatic nitrogens is 2. The maximum absolute atomic E-state index is 5.80. The summed E-state index contributed by atoms with van der Waals surface area (Å²) in [6.45, 7) is 1.75. The second-order valence-corrected chi connectivity index (χ2v) is 4.06. The second-order valence-electron chi connectivity index (χ2n) is 4.06. The quantitative estimate of drug-likeness (QED) is 0.817. The molecule has 2 heterocycles. The monoisotopic (exact) mass is 209 g/mol. The van der Waals surface area contributed by atoms with Crippen molar-refractivity contribution in [3.63, 3.8) is 0 Å². The van der Waals surface area contributed by atoms with Gasteiger partial charge >= 0.3 is 0 Å². The number of hydrogen-bond acceptors (Lipinski definition) is 3. The normalized spacial score (nSPS) is 21.9. The van der Waals surface area contributed by atoms with E-state index in [-0.39, 0.29) is 6.10 Å². The van der Waals surface area contributed by atoms with Crippen LogP contribution in [0.15, 0.2) is 6.20 Å². The lowest BCUT2D eigenvalue weighted by atomic mass is 10.0. The van der Waals surface area contributed by atoms with Gasteiger partial charge in [-0.25, -0.2) is 0 Å². The first kappa shape index (κ1) is 10.6. The first-order valence-corrected chi connectivity index (χ1v) is 5.60.